The highest BCUT2D eigenvalue weighted by molar-refractivity contribution is 6.34. The lowest BCUT2D eigenvalue weighted by Crippen LogP contribution is -2.14. The van der Waals surface area contributed by atoms with Crippen LogP contribution < -0.4 is 5.32 Å². The monoisotopic (exact) mass is 318 g/mol. The fourth-order valence-corrected chi connectivity index (χ4v) is 1.77. The second-order valence-electron chi connectivity index (χ2n) is 4.00. The molecule has 1 N–H and O–H groups in total. The highest BCUT2D eigenvalue weighted by atomic mass is 35.5. The van der Waals surface area contributed by atoms with Crippen molar-refractivity contribution in [1.29, 1.82) is 0 Å². The summed E-state index contributed by atoms with van der Waals surface area (Å²) in [6.45, 7) is 0. The van der Waals surface area contributed by atoms with Crippen LogP contribution in [0.3, 0.4) is 0 Å². The molecule has 0 atom stereocenters. The van der Waals surface area contributed by atoms with E-state index >= 15 is 0 Å². The van der Waals surface area contributed by atoms with Gasteiger partial charge in [0.05, 0.1) is 28.0 Å². The first kappa shape index (κ1) is 15.2. The minimum Gasteiger partial charge on any atom is -0.321 e. The van der Waals surface area contributed by atoms with Gasteiger partial charge in [0.15, 0.2) is 5.82 Å². The molecule has 3 nitrogen and oxygen atoms in total. The van der Waals surface area contributed by atoms with Crippen molar-refractivity contribution >= 4 is 23.2 Å². The fraction of sp³-hybridized carbons (Fsp3) is 0.0769. The van der Waals surface area contributed by atoms with Crippen LogP contribution in [0.4, 0.5) is 23.2 Å². The van der Waals surface area contributed by atoms with E-state index in [4.69, 9.17) is 11.6 Å². The third-order valence-electron chi connectivity index (χ3n) is 2.56. The predicted octanol–water partition coefficient (Wildman–Crippen LogP) is 4.15. The van der Waals surface area contributed by atoms with E-state index in [0.29, 0.717) is 6.07 Å². The van der Waals surface area contributed by atoms with E-state index in [2.05, 4.69) is 10.3 Å². The molecule has 1 aromatic carbocycles. The molecular formula is C13H7ClF4N2O. The lowest BCUT2D eigenvalue weighted by molar-refractivity contribution is -0.137. The first-order valence-corrected chi connectivity index (χ1v) is 5.94. The van der Waals surface area contributed by atoms with Crippen molar-refractivity contribution in [3.05, 3.63) is 58.6 Å². The Morgan fingerprint density at radius 3 is 2.52 bits per heavy atom. The maximum absolute atomic E-state index is 13.4. The molecule has 2 aromatic rings. The Balaban J connectivity index is 2.25. The Labute approximate surface area is 121 Å². The van der Waals surface area contributed by atoms with Crippen molar-refractivity contribution < 1.29 is 22.4 Å². The van der Waals surface area contributed by atoms with Gasteiger partial charge < -0.3 is 5.32 Å². The van der Waals surface area contributed by atoms with Gasteiger partial charge in [-0.2, -0.15) is 13.2 Å². The maximum atomic E-state index is 13.4. The molecule has 8 heteroatoms. The van der Waals surface area contributed by atoms with Crippen molar-refractivity contribution in [2.45, 2.75) is 6.18 Å². The Morgan fingerprint density at radius 2 is 1.95 bits per heavy atom. The number of aromatic nitrogens is 1. The van der Waals surface area contributed by atoms with Gasteiger partial charge >= 0.3 is 6.18 Å². The fourth-order valence-electron chi connectivity index (χ4n) is 1.54. The molecule has 0 aliphatic carbocycles. The molecule has 0 bridgehead atoms. The standard InChI is InChI=1S/C13H7ClF4N2O/c14-9-5-7(13(16,17)18)1-2-11(9)20-12(21)8-3-4-19-6-10(8)15/h1-6H,(H,20,21). The highest BCUT2D eigenvalue weighted by Gasteiger charge is 2.31. The number of hydrogen-bond acceptors (Lipinski definition) is 2. The van der Waals surface area contributed by atoms with E-state index in [9.17, 15) is 22.4 Å². The summed E-state index contributed by atoms with van der Waals surface area (Å²) in [4.78, 5) is 15.3. The zero-order valence-electron chi connectivity index (χ0n) is 10.2. The van der Waals surface area contributed by atoms with E-state index in [1.807, 2.05) is 0 Å². The van der Waals surface area contributed by atoms with E-state index in [1.54, 1.807) is 0 Å². The van der Waals surface area contributed by atoms with Gasteiger partial charge in [-0.25, -0.2) is 4.39 Å². The third-order valence-corrected chi connectivity index (χ3v) is 2.87. The molecule has 0 aliphatic rings. The molecule has 1 amide bonds. The van der Waals surface area contributed by atoms with E-state index < -0.39 is 23.5 Å². The van der Waals surface area contributed by atoms with Crippen molar-refractivity contribution in [3.8, 4) is 0 Å². The van der Waals surface area contributed by atoms with Gasteiger partial charge in [-0.3, -0.25) is 9.78 Å². The molecule has 1 aromatic heterocycles. The lowest BCUT2D eigenvalue weighted by Gasteiger charge is -2.11. The van der Waals surface area contributed by atoms with Crippen LogP contribution in [0.15, 0.2) is 36.7 Å². The topological polar surface area (TPSA) is 42.0 Å². The second-order valence-corrected chi connectivity index (χ2v) is 4.41. The van der Waals surface area contributed by atoms with Crippen LogP contribution in [-0.4, -0.2) is 10.9 Å². The minimum absolute atomic E-state index is 0.0501. The summed E-state index contributed by atoms with van der Waals surface area (Å²) in [5.74, 6) is -1.69. The van der Waals surface area contributed by atoms with Gasteiger partial charge in [-0.15, -0.1) is 0 Å². The summed E-state index contributed by atoms with van der Waals surface area (Å²) >= 11 is 5.69. The zero-order valence-corrected chi connectivity index (χ0v) is 11.0. The molecule has 0 unspecified atom stereocenters. The first-order valence-electron chi connectivity index (χ1n) is 5.56. The van der Waals surface area contributed by atoms with E-state index in [1.165, 1.54) is 6.20 Å². The summed E-state index contributed by atoms with van der Waals surface area (Å²) in [5.41, 5.74) is -1.28. The van der Waals surface area contributed by atoms with Crippen LogP contribution in [0.2, 0.25) is 5.02 Å². The molecule has 2 rings (SSSR count). The molecule has 0 spiro atoms. The molecule has 0 aliphatic heterocycles. The molecule has 0 saturated heterocycles. The van der Waals surface area contributed by atoms with E-state index in [0.717, 1.165) is 24.4 Å². The quantitative estimate of drug-likeness (QED) is 0.845. The van der Waals surface area contributed by atoms with Crippen molar-refractivity contribution in [1.82, 2.24) is 4.98 Å². The third kappa shape index (κ3) is 3.49. The second kappa shape index (κ2) is 5.69. The SMILES string of the molecule is O=C(Nc1ccc(C(F)(F)F)cc1Cl)c1ccncc1F. The van der Waals surface area contributed by atoms with Crippen LogP contribution in [0.5, 0.6) is 0 Å². The molecular weight excluding hydrogens is 312 g/mol. The van der Waals surface area contributed by atoms with Crippen molar-refractivity contribution in [2.24, 2.45) is 0 Å². The number of nitrogens with zero attached hydrogens (tertiary/aromatic N) is 1. The molecule has 0 saturated carbocycles. The number of anilines is 1. The normalized spacial score (nSPS) is 11.3. The van der Waals surface area contributed by atoms with Crippen molar-refractivity contribution in [2.75, 3.05) is 5.32 Å². The molecule has 0 fully saturated rings. The maximum Gasteiger partial charge on any atom is 0.416 e. The number of pyridine rings is 1. The van der Waals surface area contributed by atoms with Crippen molar-refractivity contribution in [3.63, 3.8) is 0 Å². The minimum atomic E-state index is -4.54. The molecule has 110 valence electrons. The Bertz CT molecular complexity index is 688. The number of rotatable bonds is 2. The average Bonchev–Trinajstić information content (AvgIpc) is 2.40. The molecule has 1 heterocycles. The Morgan fingerprint density at radius 1 is 1.24 bits per heavy atom. The number of carbonyl (C=O) groups excluding carboxylic acids is 1. The largest absolute Gasteiger partial charge is 0.416 e. The molecule has 21 heavy (non-hydrogen) atoms. The van der Waals surface area contributed by atoms with Crippen LogP contribution in [0, 0.1) is 5.82 Å². The van der Waals surface area contributed by atoms with Crippen LogP contribution >= 0.6 is 11.6 Å². The van der Waals surface area contributed by atoms with Crippen LogP contribution in [0.25, 0.3) is 0 Å². The van der Waals surface area contributed by atoms with Gasteiger partial charge in [0.2, 0.25) is 0 Å². The van der Waals surface area contributed by atoms with Gasteiger partial charge in [0.1, 0.15) is 0 Å². The van der Waals surface area contributed by atoms with Gasteiger partial charge in [0, 0.05) is 6.20 Å². The summed E-state index contributed by atoms with van der Waals surface area (Å²) < 4.78 is 50.8. The summed E-state index contributed by atoms with van der Waals surface area (Å²) in [6.07, 6.45) is -2.47. The van der Waals surface area contributed by atoms with Crippen LogP contribution in [-0.2, 0) is 6.18 Å². The van der Waals surface area contributed by atoms with Crippen LogP contribution in [0.1, 0.15) is 15.9 Å². The average molecular weight is 319 g/mol. The number of alkyl halides is 3. The summed E-state index contributed by atoms with van der Waals surface area (Å²) in [5, 5.41) is 1.94. The number of hydrogen-bond donors (Lipinski definition) is 1. The number of benzene rings is 1. The number of nitrogens with one attached hydrogen (secondary N) is 1. The Kier molecular flexibility index (Phi) is 4.13. The predicted molar refractivity (Wildman–Crippen MR) is 68.6 cm³/mol. The highest BCUT2D eigenvalue weighted by Crippen LogP contribution is 2.33. The molecule has 0 radical (unpaired) electrons. The Hall–Kier alpha value is -2.15. The van der Waals surface area contributed by atoms with Gasteiger partial charge in [-0.1, -0.05) is 11.6 Å². The number of halogens is 5. The zero-order chi connectivity index (χ0) is 15.6. The number of amides is 1. The van der Waals surface area contributed by atoms with Gasteiger partial charge in [0.25, 0.3) is 5.91 Å². The smallest absolute Gasteiger partial charge is 0.321 e. The van der Waals surface area contributed by atoms with Gasteiger partial charge in [-0.05, 0) is 24.3 Å². The van der Waals surface area contributed by atoms with E-state index in [-0.39, 0.29) is 16.3 Å². The summed E-state index contributed by atoms with van der Waals surface area (Å²) in [6, 6.07) is 3.59. The first-order chi connectivity index (χ1) is 9.79. The number of carbonyl (C=O) groups is 1. The summed E-state index contributed by atoms with van der Waals surface area (Å²) in [7, 11) is 0. The lowest BCUT2D eigenvalue weighted by atomic mass is 10.2.